The van der Waals surface area contributed by atoms with E-state index in [4.69, 9.17) is 0 Å². The van der Waals surface area contributed by atoms with E-state index in [-0.39, 0.29) is 18.4 Å². The number of halogens is 2. The van der Waals surface area contributed by atoms with Crippen LogP contribution >= 0.6 is 15.9 Å². The van der Waals surface area contributed by atoms with Crippen LogP contribution in [-0.2, 0) is 13.1 Å². The van der Waals surface area contributed by atoms with Crippen molar-refractivity contribution >= 4 is 22.0 Å². The third-order valence-corrected chi connectivity index (χ3v) is 3.24. The Morgan fingerprint density at radius 1 is 1.05 bits per heavy atom. The second-order valence-electron chi connectivity index (χ2n) is 4.26. The normalized spacial score (nSPS) is 10.1. The van der Waals surface area contributed by atoms with Crippen molar-refractivity contribution in [2.75, 3.05) is 0 Å². The zero-order valence-corrected chi connectivity index (χ0v) is 12.3. The molecule has 104 valence electrons. The second-order valence-corrected chi connectivity index (χ2v) is 5.17. The molecule has 0 heterocycles. The number of carbonyl (C=O) groups is 1. The summed E-state index contributed by atoms with van der Waals surface area (Å²) in [6.07, 6.45) is 0. The number of carbonyl (C=O) groups excluding carboxylic acids is 1. The monoisotopic (exact) mass is 336 g/mol. The molecule has 0 aliphatic heterocycles. The van der Waals surface area contributed by atoms with Gasteiger partial charge in [-0.25, -0.2) is 9.18 Å². The van der Waals surface area contributed by atoms with Crippen molar-refractivity contribution in [1.82, 2.24) is 10.6 Å². The first-order valence-electron chi connectivity index (χ1n) is 6.15. The fraction of sp³-hybridized carbons (Fsp3) is 0.133. The molecule has 0 fully saturated rings. The third kappa shape index (κ3) is 4.35. The maximum absolute atomic E-state index is 13.5. The van der Waals surface area contributed by atoms with Crippen molar-refractivity contribution in [2.24, 2.45) is 0 Å². The Labute approximate surface area is 125 Å². The molecule has 0 radical (unpaired) electrons. The summed E-state index contributed by atoms with van der Waals surface area (Å²) in [4.78, 5) is 11.6. The van der Waals surface area contributed by atoms with Gasteiger partial charge in [-0.1, -0.05) is 46.3 Å². The van der Waals surface area contributed by atoms with Crippen LogP contribution in [0.3, 0.4) is 0 Å². The van der Waals surface area contributed by atoms with Crippen LogP contribution in [0, 0.1) is 5.82 Å². The molecule has 0 saturated carbocycles. The molecule has 5 heteroatoms. The molecule has 2 N–H and O–H groups in total. The lowest BCUT2D eigenvalue weighted by Gasteiger charge is -2.08. The lowest BCUT2D eigenvalue weighted by Crippen LogP contribution is -2.34. The van der Waals surface area contributed by atoms with Crippen molar-refractivity contribution < 1.29 is 9.18 Å². The number of rotatable bonds is 4. The minimum absolute atomic E-state index is 0.145. The predicted octanol–water partition coefficient (Wildman–Crippen LogP) is 3.59. The molecule has 3 nitrogen and oxygen atoms in total. The van der Waals surface area contributed by atoms with Crippen molar-refractivity contribution in [3.8, 4) is 0 Å². The van der Waals surface area contributed by atoms with Gasteiger partial charge in [0.2, 0.25) is 0 Å². The maximum atomic E-state index is 13.5. The highest BCUT2D eigenvalue weighted by Gasteiger charge is 2.05. The highest BCUT2D eigenvalue weighted by atomic mass is 79.9. The molecule has 0 atom stereocenters. The van der Waals surface area contributed by atoms with Crippen LogP contribution in [0.4, 0.5) is 9.18 Å². The predicted molar refractivity (Wildman–Crippen MR) is 79.6 cm³/mol. The Kier molecular flexibility index (Phi) is 5.12. The molecule has 2 aromatic carbocycles. The van der Waals surface area contributed by atoms with Gasteiger partial charge in [0.1, 0.15) is 5.82 Å². The molecule has 2 aromatic rings. The molecule has 20 heavy (non-hydrogen) atoms. The molecular formula is C15H14BrFN2O. The van der Waals surface area contributed by atoms with E-state index in [1.807, 2.05) is 30.3 Å². The summed E-state index contributed by atoms with van der Waals surface area (Å²) in [5.41, 5.74) is 1.45. The van der Waals surface area contributed by atoms with Crippen LogP contribution < -0.4 is 10.6 Å². The van der Waals surface area contributed by atoms with Gasteiger partial charge in [0, 0.05) is 23.1 Å². The van der Waals surface area contributed by atoms with Crippen molar-refractivity contribution in [3.05, 3.63) is 69.9 Å². The van der Waals surface area contributed by atoms with E-state index in [0.717, 1.165) is 10.0 Å². The number of benzene rings is 2. The zero-order chi connectivity index (χ0) is 14.4. The quantitative estimate of drug-likeness (QED) is 0.880. The molecule has 0 aliphatic carbocycles. The SMILES string of the molecule is O=C(NCc1ccccc1)NCc1cc(Br)ccc1F. The van der Waals surface area contributed by atoms with Crippen LogP contribution in [0.15, 0.2) is 53.0 Å². The van der Waals surface area contributed by atoms with Crippen LogP contribution in [-0.4, -0.2) is 6.03 Å². The van der Waals surface area contributed by atoms with E-state index in [0.29, 0.717) is 12.1 Å². The van der Waals surface area contributed by atoms with Crippen LogP contribution in [0.2, 0.25) is 0 Å². The Morgan fingerprint density at radius 2 is 1.75 bits per heavy atom. The summed E-state index contributed by atoms with van der Waals surface area (Å²) < 4.78 is 14.3. The summed E-state index contributed by atoms with van der Waals surface area (Å²) >= 11 is 3.27. The Hall–Kier alpha value is -1.88. The van der Waals surface area contributed by atoms with Gasteiger partial charge < -0.3 is 10.6 Å². The summed E-state index contributed by atoms with van der Waals surface area (Å²) in [5.74, 6) is -0.337. The molecule has 0 aromatic heterocycles. The minimum Gasteiger partial charge on any atom is -0.334 e. The van der Waals surface area contributed by atoms with Gasteiger partial charge in [0.05, 0.1) is 0 Å². The Bertz CT molecular complexity index is 590. The summed E-state index contributed by atoms with van der Waals surface area (Å²) in [5, 5.41) is 5.35. The summed E-state index contributed by atoms with van der Waals surface area (Å²) in [6.45, 7) is 0.583. The first-order chi connectivity index (χ1) is 9.65. The molecule has 0 unspecified atom stereocenters. The topological polar surface area (TPSA) is 41.1 Å². The van der Waals surface area contributed by atoms with E-state index in [2.05, 4.69) is 26.6 Å². The number of hydrogen-bond donors (Lipinski definition) is 2. The van der Waals surface area contributed by atoms with Crippen molar-refractivity contribution in [2.45, 2.75) is 13.1 Å². The fourth-order valence-electron chi connectivity index (χ4n) is 1.69. The molecule has 2 rings (SSSR count). The van der Waals surface area contributed by atoms with Crippen molar-refractivity contribution in [1.29, 1.82) is 0 Å². The zero-order valence-electron chi connectivity index (χ0n) is 10.7. The van der Waals surface area contributed by atoms with Crippen LogP contribution in [0.5, 0.6) is 0 Å². The molecule has 0 saturated heterocycles. The highest BCUT2D eigenvalue weighted by molar-refractivity contribution is 9.10. The van der Waals surface area contributed by atoms with Crippen molar-refractivity contribution in [3.63, 3.8) is 0 Å². The van der Waals surface area contributed by atoms with Gasteiger partial charge in [-0.05, 0) is 23.8 Å². The lowest BCUT2D eigenvalue weighted by molar-refractivity contribution is 0.240. The van der Waals surface area contributed by atoms with Crippen LogP contribution in [0.1, 0.15) is 11.1 Å². The second kappa shape index (κ2) is 7.05. The first kappa shape index (κ1) is 14.5. The van der Waals surface area contributed by atoms with Gasteiger partial charge in [-0.2, -0.15) is 0 Å². The number of hydrogen-bond acceptors (Lipinski definition) is 1. The highest BCUT2D eigenvalue weighted by Crippen LogP contribution is 2.15. The van der Waals surface area contributed by atoms with E-state index in [1.165, 1.54) is 6.07 Å². The Balaban J connectivity index is 1.82. The van der Waals surface area contributed by atoms with Gasteiger partial charge in [-0.3, -0.25) is 0 Å². The fourth-order valence-corrected chi connectivity index (χ4v) is 2.10. The first-order valence-corrected chi connectivity index (χ1v) is 6.94. The Morgan fingerprint density at radius 3 is 2.50 bits per heavy atom. The molecule has 2 amide bonds. The number of nitrogens with one attached hydrogen (secondary N) is 2. The third-order valence-electron chi connectivity index (χ3n) is 2.74. The molecule has 0 aliphatic rings. The maximum Gasteiger partial charge on any atom is 0.315 e. The standard InChI is InChI=1S/C15H14BrFN2O/c16-13-6-7-14(17)12(8-13)10-19-15(20)18-9-11-4-2-1-3-5-11/h1-8H,9-10H2,(H2,18,19,20). The molecular weight excluding hydrogens is 323 g/mol. The van der Waals surface area contributed by atoms with Gasteiger partial charge >= 0.3 is 6.03 Å². The van der Waals surface area contributed by atoms with Crippen LogP contribution in [0.25, 0.3) is 0 Å². The smallest absolute Gasteiger partial charge is 0.315 e. The number of amides is 2. The average molecular weight is 337 g/mol. The van der Waals surface area contributed by atoms with E-state index in [1.54, 1.807) is 12.1 Å². The van der Waals surface area contributed by atoms with E-state index in [9.17, 15) is 9.18 Å². The summed E-state index contributed by atoms with van der Waals surface area (Å²) in [7, 11) is 0. The molecule has 0 spiro atoms. The van der Waals surface area contributed by atoms with Gasteiger partial charge in [0.25, 0.3) is 0 Å². The number of urea groups is 1. The lowest BCUT2D eigenvalue weighted by atomic mass is 10.2. The summed E-state index contributed by atoms with van der Waals surface area (Å²) in [6, 6.07) is 13.9. The van der Waals surface area contributed by atoms with E-state index >= 15 is 0 Å². The van der Waals surface area contributed by atoms with Gasteiger partial charge in [0.15, 0.2) is 0 Å². The van der Waals surface area contributed by atoms with E-state index < -0.39 is 0 Å². The largest absolute Gasteiger partial charge is 0.334 e. The minimum atomic E-state index is -0.337. The average Bonchev–Trinajstić information content (AvgIpc) is 2.47. The van der Waals surface area contributed by atoms with Gasteiger partial charge in [-0.15, -0.1) is 0 Å². The molecule has 0 bridgehead atoms.